The lowest BCUT2D eigenvalue weighted by Gasteiger charge is -2.01. The molecule has 0 atom stereocenters. The summed E-state index contributed by atoms with van der Waals surface area (Å²) < 4.78 is 2.13. The van der Waals surface area contributed by atoms with Crippen molar-refractivity contribution in [1.82, 2.24) is 4.57 Å². The summed E-state index contributed by atoms with van der Waals surface area (Å²) in [7, 11) is 0. The Hall–Kier alpha value is -2.15. The van der Waals surface area contributed by atoms with Crippen molar-refractivity contribution in [3.05, 3.63) is 62.9 Å². The molecule has 0 aliphatic heterocycles. The molecule has 2 aromatic carbocycles. The van der Waals surface area contributed by atoms with Crippen LogP contribution in [0.15, 0.2) is 47.5 Å². The number of aromatic nitrogens is 1. The minimum Gasteiger partial charge on any atom is -0.480 e. The van der Waals surface area contributed by atoms with Gasteiger partial charge in [0.15, 0.2) is 4.80 Å². The fourth-order valence-corrected chi connectivity index (χ4v) is 3.71. The molecule has 3 aromatic rings. The van der Waals surface area contributed by atoms with E-state index in [2.05, 4.69) is 4.99 Å². The van der Waals surface area contributed by atoms with E-state index in [9.17, 15) is 9.59 Å². The lowest BCUT2D eigenvalue weighted by molar-refractivity contribution is -0.137. The van der Waals surface area contributed by atoms with Crippen molar-refractivity contribution < 1.29 is 14.7 Å². The SMILES string of the molecule is O=C(O)Cn1/c(=N/C(=O)c2cccc(Cl)c2)sc2c(Cl)cccc21. The minimum atomic E-state index is -1.04. The van der Waals surface area contributed by atoms with Gasteiger partial charge in [0, 0.05) is 10.6 Å². The highest BCUT2D eigenvalue weighted by Crippen LogP contribution is 2.26. The number of amides is 1. The van der Waals surface area contributed by atoms with Crippen molar-refractivity contribution in [2.45, 2.75) is 6.54 Å². The van der Waals surface area contributed by atoms with Crippen LogP contribution < -0.4 is 4.80 Å². The maximum atomic E-state index is 12.4. The zero-order chi connectivity index (χ0) is 17.3. The number of benzene rings is 2. The molecule has 0 bridgehead atoms. The number of thiazole rings is 1. The average Bonchev–Trinajstić information content (AvgIpc) is 2.86. The van der Waals surface area contributed by atoms with E-state index in [-0.39, 0.29) is 11.3 Å². The first-order chi connectivity index (χ1) is 11.5. The molecule has 5 nitrogen and oxygen atoms in total. The molecule has 122 valence electrons. The van der Waals surface area contributed by atoms with E-state index in [1.54, 1.807) is 36.4 Å². The second kappa shape index (κ2) is 6.76. The Morgan fingerprint density at radius 2 is 1.92 bits per heavy atom. The van der Waals surface area contributed by atoms with Crippen molar-refractivity contribution in [3.8, 4) is 0 Å². The van der Waals surface area contributed by atoms with Crippen LogP contribution in [-0.4, -0.2) is 21.6 Å². The van der Waals surface area contributed by atoms with Crippen LogP contribution >= 0.6 is 34.5 Å². The van der Waals surface area contributed by atoms with E-state index >= 15 is 0 Å². The monoisotopic (exact) mass is 380 g/mol. The second-order valence-electron chi connectivity index (χ2n) is 4.88. The summed E-state index contributed by atoms with van der Waals surface area (Å²) >= 11 is 13.2. The van der Waals surface area contributed by atoms with Gasteiger partial charge in [0.1, 0.15) is 6.54 Å². The van der Waals surface area contributed by atoms with Crippen molar-refractivity contribution in [2.75, 3.05) is 0 Å². The number of hydrogen-bond acceptors (Lipinski definition) is 3. The molecular weight excluding hydrogens is 371 g/mol. The number of rotatable bonds is 3. The van der Waals surface area contributed by atoms with E-state index in [0.717, 1.165) is 0 Å². The average molecular weight is 381 g/mol. The quantitative estimate of drug-likeness (QED) is 0.750. The molecule has 0 radical (unpaired) electrons. The third-order valence-electron chi connectivity index (χ3n) is 3.22. The number of carbonyl (C=O) groups is 2. The van der Waals surface area contributed by atoms with E-state index in [4.69, 9.17) is 28.3 Å². The minimum absolute atomic E-state index is 0.269. The Morgan fingerprint density at radius 1 is 1.17 bits per heavy atom. The van der Waals surface area contributed by atoms with Crippen LogP contribution in [0.3, 0.4) is 0 Å². The maximum Gasteiger partial charge on any atom is 0.323 e. The predicted octanol–water partition coefficient (Wildman–Crippen LogP) is 3.84. The van der Waals surface area contributed by atoms with Crippen molar-refractivity contribution in [2.24, 2.45) is 4.99 Å². The van der Waals surface area contributed by atoms with E-state index < -0.39 is 11.9 Å². The summed E-state index contributed by atoms with van der Waals surface area (Å²) in [4.78, 5) is 27.8. The topological polar surface area (TPSA) is 71.7 Å². The molecule has 1 heterocycles. The molecule has 0 spiro atoms. The molecule has 1 amide bonds. The van der Waals surface area contributed by atoms with Crippen molar-refractivity contribution >= 4 is 56.6 Å². The lowest BCUT2D eigenvalue weighted by atomic mass is 10.2. The van der Waals surface area contributed by atoms with Crippen LogP contribution in [0.1, 0.15) is 10.4 Å². The highest BCUT2D eigenvalue weighted by molar-refractivity contribution is 7.17. The summed E-state index contributed by atoms with van der Waals surface area (Å²) in [5, 5.41) is 10.0. The molecule has 0 saturated carbocycles. The van der Waals surface area contributed by atoms with Gasteiger partial charge in [0.2, 0.25) is 0 Å². The predicted molar refractivity (Wildman–Crippen MR) is 93.8 cm³/mol. The van der Waals surface area contributed by atoms with Gasteiger partial charge in [-0.3, -0.25) is 9.59 Å². The largest absolute Gasteiger partial charge is 0.480 e. The summed E-state index contributed by atoms with van der Waals surface area (Å²) in [6, 6.07) is 11.6. The highest BCUT2D eigenvalue weighted by Gasteiger charge is 2.13. The van der Waals surface area contributed by atoms with Crippen LogP contribution in [0.5, 0.6) is 0 Å². The van der Waals surface area contributed by atoms with Crippen LogP contribution in [-0.2, 0) is 11.3 Å². The fourth-order valence-electron chi connectivity index (χ4n) is 2.20. The first-order valence-corrected chi connectivity index (χ1v) is 8.37. The van der Waals surface area contributed by atoms with Crippen molar-refractivity contribution in [3.63, 3.8) is 0 Å². The van der Waals surface area contributed by atoms with Crippen LogP contribution in [0.4, 0.5) is 0 Å². The second-order valence-corrected chi connectivity index (χ2v) is 6.70. The first-order valence-electron chi connectivity index (χ1n) is 6.80. The normalized spacial score (nSPS) is 11.8. The van der Waals surface area contributed by atoms with E-state index in [1.165, 1.54) is 22.0 Å². The molecule has 24 heavy (non-hydrogen) atoms. The molecule has 1 N–H and O–H groups in total. The lowest BCUT2D eigenvalue weighted by Crippen LogP contribution is -2.21. The zero-order valence-electron chi connectivity index (χ0n) is 12.1. The molecule has 0 saturated heterocycles. The summed E-state index contributed by atoms with van der Waals surface area (Å²) in [5.74, 6) is -1.54. The Labute approximate surface area is 150 Å². The standard InChI is InChI=1S/C16H10Cl2N2O3S/c17-10-4-1-3-9(7-10)15(23)19-16-20(8-13(21)22)12-6-2-5-11(18)14(12)24-16/h1-7H,8H2,(H,21,22)/b19-16-. The van der Waals surface area contributed by atoms with Gasteiger partial charge in [-0.05, 0) is 30.3 Å². The Bertz CT molecular complexity index is 1020. The van der Waals surface area contributed by atoms with Gasteiger partial charge in [-0.25, -0.2) is 0 Å². The van der Waals surface area contributed by atoms with Crippen LogP contribution in [0, 0.1) is 0 Å². The smallest absolute Gasteiger partial charge is 0.323 e. The first kappa shape index (κ1) is 16.7. The molecular formula is C16H10Cl2N2O3S. The van der Waals surface area contributed by atoms with Gasteiger partial charge in [-0.15, -0.1) is 0 Å². The van der Waals surface area contributed by atoms with Crippen LogP contribution in [0.25, 0.3) is 10.2 Å². The molecule has 0 unspecified atom stereocenters. The van der Waals surface area contributed by atoms with Gasteiger partial charge in [-0.2, -0.15) is 4.99 Å². The van der Waals surface area contributed by atoms with Crippen LogP contribution in [0.2, 0.25) is 10.0 Å². The third-order valence-corrected chi connectivity index (χ3v) is 5.01. The van der Waals surface area contributed by atoms with Gasteiger partial charge >= 0.3 is 5.97 Å². The van der Waals surface area contributed by atoms with Gasteiger partial charge in [0.25, 0.3) is 5.91 Å². The summed E-state index contributed by atoms with van der Waals surface area (Å²) in [6.07, 6.45) is 0. The number of hydrogen-bond donors (Lipinski definition) is 1. The fraction of sp³-hybridized carbons (Fsp3) is 0.0625. The molecule has 0 fully saturated rings. The Balaban J connectivity index is 2.19. The maximum absolute atomic E-state index is 12.4. The Kier molecular flexibility index (Phi) is 4.71. The number of carboxylic acids is 1. The van der Waals surface area contributed by atoms with Gasteiger partial charge in [-0.1, -0.05) is 46.7 Å². The zero-order valence-corrected chi connectivity index (χ0v) is 14.4. The number of nitrogens with zero attached hydrogens (tertiary/aromatic N) is 2. The number of carboxylic acid groups (broad SMARTS) is 1. The molecule has 3 rings (SSSR count). The third kappa shape index (κ3) is 3.36. The number of fused-ring (bicyclic) bond motifs is 1. The molecule has 8 heteroatoms. The molecule has 1 aromatic heterocycles. The Morgan fingerprint density at radius 3 is 2.62 bits per heavy atom. The number of aliphatic carboxylic acids is 1. The number of halogens is 2. The summed E-state index contributed by atoms with van der Waals surface area (Å²) in [6.45, 7) is -0.317. The van der Waals surface area contributed by atoms with Crippen molar-refractivity contribution in [1.29, 1.82) is 0 Å². The van der Waals surface area contributed by atoms with E-state index in [0.29, 0.717) is 25.8 Å². The highest BCUT2D eigenvalue weighted by atomic mass is 35.5. The summed E-state index contributed by atoms with van der Waals surface area (Å²) in [5.41, 5.74) is 0.945. The molecule has 0 aliphatic rings. The van der Waals surface area contributed by atoms with E-state index in [1.807, 2.05) is 0 Å². The number of carbonyl (C=O) groups excluding carboxylic acids is 1. The van der Waals surface area contributed by atoms with Gasteiger partial charge in [0.05, 0.1) is 15.2 Å². The van der Waals surface area contributed by atoms with Gasteiger partial charge < -0.3 is 9.67 Å². The molecule has 0 aliphatic carbocycles.